The number of aromatic nitrogens is 4. The van der Waals surface area contributed by atoms with Crippen molar-refractivity contribution in [2.75, 3.05) is 37.7 Å². The summed E-state index contributed by atoms with van der Waals surface area (Å²) < 4.78 is 7.51. The first-order valence-corrected chi connectivity index (χ1v) is 7.65. The average molecular weight is 302 g/mol. The largest absolute Gasteiger partial charge is 0.478 e. The zero-order valence-corrected chi connectivity index (χ0v) is 13.1. The molecule has 0 N–H and O–H groups in total. The number of ether oxygens (including phenoxy) is 1. The Bertz CT molecular complexity index is 606. The quantitative estimate of drug-likeness (QED) is 0.819. The van der Waals surface area contributed by atoms with Crippen LogP contribution in [0, 0.1) is 0 Å². The van der Waals surface area contributed by atoms with Crippen LogP contribution in [0.4, 0.5) is 5.95 Å². The van der Waals surface area contributed by atoms with Crippen LogP contribution in [0.15, 0.2) is 24.7 Å². The molecule has 0 aromatic carbocycles. The number of piperazine rings is 1. The van der Waals surface area contributed by atoms with E-state index in [-0.39, 0.29) is 0 Å². The van der Waals surface area contributed by atoms with Crippen LogP contribution in [-0.2, 0) is 13.6 Å². The summed E-state index contributed by atoms with van der Waals surface area (Å²) >= 11 is 0. The van der Waals surface area contributed by atoms with E-state index in [1.54, 1.807) is 12.3 Å². The van der Waals surface area contributed by atoms with Crippen molar-refractivity contribution < 1.29 is 4.74 Å². The van der Waals surface area contributed by atoms with Crippen molar-refractivity contribution in [2.45, 2.75) is 13.5 Å². The van der Waals surface area contributed by atoms with Crippen LogP contribution in [0.25, 0.3) is 0 Å². The van der Waals surface area contributed by atoms with Gasteiger partial charge < -0.3 is 14.2 Å². The summed E-state index contributed by atoms with van der Waals surface area (Å²) in [5.74, 6) is 2.49. The lowest BCUT2D eigenvalue weighted by Crippen LogP contribution is -2.46. The third-order valence-corrected chi connectivity index (χ3v) is 3.85. The van der Waals surface area contributed by atoms with Crippen molar-refractivity contribution >= 4 is 5.95 Å². The SMILES string of the molecule is CCOc1ccnc(N2CCN(Cc3nccn3C)CC2)n1. The monoisotopic (exact) mass is 302 g/mol. The van der Waals surface area contributed by atoms with Gasteiger partial charge in [-0.1, -0.05) is 0 Å². The van der Waals surface area contributed by atoms with Gasteiger partial charge in [0.2, 0.25) is 11.8 Å². The third-order valence-electron chi connectivity index (χ3n) is 3.85. The molecule has 1 fully saturated rings. The Morgan fingerprint density at radius 3 is 2.64 bits per heavy atom. The Morgan fingerprint density at radius 2 is 1.95 bits per heavy atom. The van der Waals surface area contributed by atoms with E-state index in [9.17, 15) is 0 Å². The second-order valence-corrected chi connectivity index (χ2v) is 5.35. The molecular weight excluding hydrogens is 280 g/mol. The van der Waals surface area contributed by atoms with Gasteiger partial charge >= 0.3 is 0 Å². The topological polar surface area (TPSA) is 59.3 Å². The first-order valence-electron chi connectivity index (χ1n) is 7.65. The lowest BCUT2D eigenvalue weighted by molar-refractivity contribution is 0.240. The van der Waals surface area contributed by atoms with Crippen LogP contribution >= 0.6 is 0 Å². The lowest BCUT2D eigenvalue weighted by atomic mass is 10.3. The number of nitrogens with zero attached hydrogens (tertiary/aromatic N) is 6. The number of hydrogen-bond donors (Lipinski definition) is 0. The predicted octanol–water partition coefficient (Wildman–Crippen LogP) is 0.931. The summed E-state index contributed by atoms with van der Waals surface area (Å²) in [7, 11) is 2.03. The van der Waals surface area contributed by atoms with Gasteiger partial charge in [-0.05, 0) is 6.92 Å². The highest BCUT2D eigenvalue weighted by Gasteiger charge is 2.20. The molecule has 0 spiro atoms. The number of aryl methyl sites for hydroxylation is 1. The van der Waals surface area contributed by atoms with Crippen molar-refractivity contribution in [1.82, 2.24) is 24.4 Å². The minimum atomic E-state index is 0.619. The summed E-state index contributed by atoms with van der Waals surface area (Å²) in [6.45, 7) is 7.26. The Balaban J connectivity index is 1.57. The molecule has 0 amide bonds. The Morgan fingerprint density at radius 1 is 1.14 bits per heavy atom. The zero-order valence-electron chi connectivity index (χ0n) is 13.1. The molecule has 2 aromatic heterocycles. The summed E-state index contributed by atoms with van der Waals surface area (Å²) in [4.78, 5) is 17.8. The smallest absolute Gasteiger partial charge is 0.228 e. The number of hydrogen-bond acceptors (Lipinski definition) is 6. The average Bonchev–Trinajstić information content (AvgIpc) is 2.94. The summed E-state index contributed by atoms with van der Waals surface area (Å²) in [6.07, 6.45) is 5.59. The molecule has 0 saturated carbocycles. The standard InChI is InChI=1S/C15H22N6O/c1-3-22-14-4-5-17-15(18-14)21-10-8-20(9-11-21)12-13-16-6-7-19(13)2/h4-7H,3,8-12H2,1-2H3. The maximum Gasteiger partial charge on any atom is 0.228 e. The molecule has 7 heteroatoms. The van der Waals surface area contributed by atoms with Gasteiger partial charge in [-0.3, -0.25) is 4.90 Å². The van der Waals surface area contributed by atoms with Gasteiger partial charge in [-0.2, -0.15) is 4.98 Å². The van der Waals surface area contributed by atoms with Crippen molar-refractivity contribution in [3.63, 3.8) is 0 Å². The second kappa shape index (κ2) is 6.74. The van der Waals surface area contributed by atoms with E-state index in [2.05, 4.69) is 29.3 Å². The van der Waals surface area contributed by atoms with E-state index < -0.39 is 0 Å². The van der Waals surface area contributed by atoms with Gasteiger partial charge in [0.25, 0.3) is 0 Å². The molecule has 1 aliphatic rings. The van der Waals surface area contributed by atoms with Gasteiger partial charge in [-0.25, -0.2) is 9.97 Å². The maximum absolute atomic E-state index is 5.44. The normalized spacial score (nSPS) is 16.0. The van der Waals surface area contributed by atoms with E-state index in [0.717, 1.165) is 44.5 Å². The van der Waals surface area contributed by atoms with Crippen molar-refractivity contribution in [2.24, 2.45) is 7.05 Å². The van der Waals surface area contributed by atoms with Gasteiger partial charge in [0, 0.05) is 57.9 Å². The lowest BCUT2D eigenvalue weighted by Gasteiger charge is -2.34. The molecule has 1 aliphatic heterocycles. The molecule has 118 valence electrons. The van der Waals surface area contributed by atoms with E-state index >= 15 is 0 Å². The molecule has 3 rings (SSSR count). The highest BCUT2D eigenvalue weighted by molar-refractivity contribution is 5.32. The Kier molecular flexibility index (Phi) is 4.53. The van der Waals surface area contributed by atoms with Crippen LogP contribution in [0.3, 0.4) is 0 Å². The highest BCUT2D eigenvalue weighted by Crippen LogP contribution is 2.15. The third kappa shape index (κ3) is 3.36. The number of rotatable bonds is 5. The molecule has 0 radical (unpaired) electrons. The fourth-order valence-corrected chi connectivity index (χ4v) is 2.57. The Labute approximate surface area is 130 Å². The van der Waals surface area contributed by atoms with E-state index in [1.165, 1.54) is 0 Å². The fourth-order valence-electron chi connectivity index (χ4n) is 2.57. The van der Waals surface area contributed by atoms with E-state index in [1.807, 2.05) is 26.4 Å². The number of anilines is 1. The molecule has 0 aliphatic carbocycles. The van der Waals surface area contributed by atoms with Crippen molar-refractivity contribution in [3.8, 4) is 5.88 Å². The molecular formula is C15H22N6O. The molecule has 3 heterocycles. The van der Waals surface area contributed by atoms with Crippen LogP contribution in [0.2, 0.25) is 0 Å². The van der Waals surface area contributed by atoms with Gasteiger partial charge in [-0.15, -0.1) is 0 Å². The van der Waals surface area contributed by atoms with Crippen LogP contribution in [0.1, 0.15) is 12.7 Å². The van der Waals surface area contributed by atoms with Crippen molar-refractivity contribution in [3.05, 3.63) is 30.5 Å². The number of imidazole rings is 1. The molecule has 0 unspecified atom stereocenters. The molecule has 1 saturated heterocycles. The molecule has 2 aromatic rings. The molecule has 0 bridgehead atoms. The van der Waals surface area contributed by atoms with Crippen LogP contribution < -0.4 is 9.64 Å². The summed E-state index contributed by atoms with van der Waals surface area (Å²) in [5.41, 5.74) is 0. The second-order valence-electron chi connectivity index (χ2n) is 5.35. The van der Waals surface area contributed by atoms with Gasteiger partial charge in [0.1, 0.15) is 5.82 Å². The first kappa shape index (κ1) is 14.8. The Hall–Kier alpha value is -2.15. The van der Waals surface area contributed by atoms with Crippen LogP contribution in [0.5, 0.6) is 5.88 Å². The van der Waals surface area contributed by atoms with E-state index in [0.29, 0.717) is 12.5 Å². The minimum absolute atomic E-state index is 0.619. The molecule has 22 heavy (non-hydrogen) atoms. The van der Waals surface area contributed by atoms with Crippen LogP contribution in [-0.4, -0.2) is 57.2 Å². The predicted molar refractivity (Wildman–Crippen MR) is 83.9 cm³/mol. The molecule has 7 nitrogen and oxygen atoms in total. The van der Waals surface area contributed by atoms with E-state index in [4.69, 9.17) is 4.74 Å². The fraction of sp³-hybridized carbons (Fsp3) is 0.533. The van der Waals surface area contributed by atoms with Gasteiger partial charge in [0.15, 0.2) is 0 Å². The highest BCUT2D eigenvalue weighted by atomic mass is 16.5. The molecule has 0 atom stereocenters. The first-order chi connectivity index (χ1) is 10.8. The maximum atomic E-state index is 5.44. The zero-order chi connectivity index (χ0) is 15.4. The summed E-state index contributed by atoms with van der Waals surface area (Å²) in [6, 6.07) is 1.80. The van der Waals surface area contributed by atoms with Gasteiger partial charge in [0.05, 0.1) is 13.2 Å². The summed E-state index contributed by atoms with van der Waals surface area (Å²) in [5, 5.41) is 0. The minimum Gasteiger partial charge on any atom is -0.478 e. The van der Waals surface area contributed by atoms with Crippen molar-refractivity contribution in [1.29, 1.82) is 0 Å².